The van der Waals surface area contributed by atoms with E-state index in [2.05, 4.69) is 15.6 Å². The van der Waals surface area contributed by atoms with Crippen molar-refractivity contribution in [1.29, 1.82) is 0 Å². The van der Waals surface area contributed by atoms with Crippen LogP contribution in [0.2, 0.25) is 5.15 Å². The molecule has 0 spiro atoms. The first kappa shape index (κ1) is 24.7. The summed E-state index contributed by atoms with van der Waals surface area (Å²) in [6.07, 6.45) is -3.39. The number of aromatic nitrogens is 1. The second kappa shape index (κ2) is 10.8. The van der Waals surface area contributed by atoms with E-state index in [1.807, 2.05) is 37.3 Å². The fourth-order valence-electron chi connectivity index (χ4n) is 3.53. The van der Waals surface area contributed by atoms with Crippen LogP contribution in [0.4, 0.5) is 13.2 Å². The first-order valence-electron chi connectivity index (χ1n) is 10.5. The minimum absolute atomic E-state index is 0.208. The predicted octanol–water partition coefficient (Wildman–Crippen LogP) is 5.81. The van der Waals surface area contributed by atoms with Crippen LogP contribution in [0.3, 0.4) is 0 Å². The van der Waals surface area contributed by atoms with Gasteiger partial charge in [-0.15, -0.1) is 0 Å². The third-order valence-electron chi connectivity index (χ3n) is 5.38. The summed E-state index contributed by atoms with van der Waals surface area (Å²) in [4.78, 5) is 17.1. The molecule has 1 amide bonds. The molecule has 0 unspecified atom stereocenters. The van der Waals surface area contributed by atoms with Gasteiger partial charge in [-0.05, 0) is 55.2 Å². The molecule has 0 saturated heterocycles. The standard InChI is InChI=1S/C25H25ClF3N3O/c1-16-6-11-18(12-7-16)23(24(33)30-2)32-21(20-4-3-5-22(26)31-20)15-10-17-8-13-19(14-9-17)25(27,28)29/h3-9,11-14,21,23,32H,10,15H2,1-2H3,(H,30,33)/t21-,23+/m0/s1. The van der Waals surface area contributed by atoms with Crippen molar-refractivity contribution >= 4 is 17.5 Å². The summed E-state index contributed by atoms with van der Waals surface area (Å²) in [5.74, 6) is -0.208. The molecule has 174 valence electrons. The van der Waals surface area contributed by atoms with Gasteiger partial charge in [0.25, 0.3) is 0 Å². The van der Waals surface area contributed by atoms with E-state index >= 15 is 0 Å². The second-order valence-electron chi connectivity index (χ2n) is 7.80. The maximum atomic E-state index is 12.9. The average molecular weight is 476 g/mol. The Morgan fingerprint density at radius 2 is 1.70 bits per heavy atom. The van der Waals surface area contributed by atoms with Crippen molar-refractivity contribution in [2.45, 2.75) is 38.0 Å². The normalized spacial score (nSPS) is 13.4. The van der Waals surface area contributed by atoms with Crippen molar-refractivity contribution < 1.29 is 18.0 Å². The van der Waals surface area contributed by atoms with E-state index in [9.17, 15) is 18.0 Å². The van der Waals surface area contributed by atoms with Crippen LogP contribution in [0.15, 0.2) is 66.7 Å². The van der Waals surface area contributed by atoms with Gasteiger partial charge >= 0.3 is 6.18 Å². The Labute approximate surface area is 196 Å². The molecule has 0 aliphatic rings. The predicted molar refractivity (Wildman–Crippen MR) is 123 cm³/mol. The lowest BCUT2D eigenvalue weighted by atomic mass is 9.98. The van der Waals surface area contributed by atoms with E-state index in [-0.39, 0.29) is 11.9 Å². The summed E-state index contributed by atoms with van der Waals surface area (Å²) in [6.45, 7) is 1.97. The minimum atomic E-state index is -4.37. The molecule has 33 heavy (non-hydrogen) atoms. The van der Waals surface area contributed by atoms with Crippen LogP contribution >= 0.6 is 11.6 Å². The highest BCUT2D eigenvalue weighted by Gasteiger charge is 2.30. The number of nitrogens with one attached hydrogen (secondary N) is 2. The summed E-state index contributed by atoms with van der Waals surface area (Å²) in [7, 11) is 1.57. The number of benzene rings is 2. The molecule has 3 rings (SSSR count). The van der Waals surface area contributed by atoms with E-state index < -0.39 is 17.8 Å². The highest BCUT2D eigenvalue weighted by atomic mass is 35.5. The Hall–Kier alpha value is -2.90. The number of pyridine rings is 1. The smallest absolute Gasteiger partial charge is 0.358 e. The Balaban J connectivity index is 1.85. The van der Waals surface area contributed by atoms with Gasteiger partial charge in [-0.2, -0.15) is 13.2 Å². The maximum absolute atomic E-state index is 12.9. The molecule has 0 aliphatic heterocycles. The number of amides is 1. The van der Waals surface area contributed by atoms with E-state index in [1.54, 1.807) is 19.2 Å². The summed E-state index contributed by atoms with van der Waals surface area (Å²) < 4.78 is 38.6. The lowest BCUT2D eigenvalue weighted by Crippen LogP contribution is -2.38. The summed E-state index contributed by atoms with van der Waals surface area (Å²) in [5, 5.41) is 6.38. The van der Waals surface area contributed by atoms with Crippen LogP contribution in [0.25, 0.3) is 0 Å². The second-order valence-corrected chi connectivity index (χ2v) is 8.18. The maximum Gasteiger partial charge on any atom is 0.416 e. The van der Waals surface area contributed by atoms with Gasteiger partial charge in [0, 0.05) is 7.05 Å². The number of halogens is 4. The zero-order valence-corrected chi connectivity index (χ0v) is 19.0. The molecule has 2 aromatic carbocycles. The third kappa shape index (κ3) is 6.79. The summed E-state index contributed by atoms with van der Waals surface area (Å²) >= 11 is 6.10. The molecule has 3 aromatic rings. The lowest BCUT2D eigenvalue weighted by Gasteiger charge is -2.25. The molecule has 1 heterocycles. The Bertz CT molecular complexity index is 1070. The molecule has 0 saturated carbocycles. The number of nitrogens with zero attached hydrogens (tertiary/aromatic N) is 1. The molecule has 4 nitrogen and oxygen atoms in total. The van der Waals surface area contributed by atoms with Crippen LogP contribution in [0, 0.1) is 6.92 Å². The van der Waals surface area contributed by atoms with E-state index in [4.69, 9.17) is 11.6 Å². The molecule has 0 fully saturated rings. The summed E-state index contributed by atoms with van der Waals surface area (Å²) in [5.41, 5.74) is 2.59. The molecule has 2 atom stereocenters. The van der Waals surface area contributed by atoms with Crippen molar-refractivity contribution in [3.05, 3.63) is 99.8 Å². The van der Waals surface area contributed by atoms with E-state index in [1.165, 1.54) is 12.1 Å². The van der Waals surface area contributed by atoms with Crippen molar-refractivity contribution in [2.24, 2.45) is 0 Å². The molecule has 1 aromatic heterocycles. The number of rotatable bonds is 8. The van der Waals surface area contributed by atoms with E-state index in [0.29, 0.717) is 23.7 Å². The molecule has 0 aliphatic carbocycles. The number of aryl methyl sites for hydroxylation is 2. The fourth-order valence-corrected chi connectivity index (χ4v) is 3.70. The van der Waals surface area contributed by atoms with Crippen molar-refractivity contribution in [3.8, 4) is 0 Å². The Morgan fingerprint density at radius 1 is 1.03 bits per heavy atom. The SMILES string of the molecule is CNC(=O)[C@H](N[C@@H](CCc1ccc(C(F)(F)F)cc1)c1cccc(Cl)n1)c1ccc(C)cc1. The highest BCUT2D eigenvalue weighted by molar-refractivity contribution is 6.29. The van der Waals surface area contributed by atoms with Crippen molar-refractivity contribution in [2.75, 3.05) is 7.05 Å². The van der Waals surface area contributed by atoms with Gasteiger partial charge in [0.1, 0.15) is 11.2 Å². The van der Waals surface area contributed by atoms with Gasteiger partial charge in [-0.3, -0.25) is 10.1 Å². The first-order chi connectivity index (χ1) is 15.7. The average Bonchev–Trinajstić information content (AvgIpc) is 2.79. The summed E-state index contributed by atoms with van der Waals surface area (Å²) in [6, 6.07) is 17.0. The Morgan fingerprint density at radius 3 is 2.27 bits per heavy atom. The molecular weight excluding hydrogens is 451 g/mol. The Kier molecular flexibility index (Phi) is 8.10. The number of hydrogen-bond acceptors (Lipinski definition) is 3. The zero-order chi connectivity index (χ0) is 24.0. The monoisotopic (exact) mass is 475 g/mol. The van der Waals surface area contributed by atoms with Gasteiger partial charge in [0.15, 0.2) is 0 Å². The van der Waals surface area contributed by atoms with E-state index in [0.717, 1.165) is 28.8 Å². The van der Waals surface area contributed by atoms with Gasteiger partial charge in [0.2, 0.25) is 5.91 Å². The van der Waals surface area contributed by atoms with Crippen LogP contribution < -0.4 is 10.6 Å². The highest BCUT2D eigenvalue weighted by Crippen LogP contribution is 2.30. The minimum Gasteiger partial charge on any atom is -0.358 e. The third-order valence-corrected chi connectivity index (χ3v) is 5.59. The van der Waals surface area contributed by atoms with Gasteiger partial charge in [0.05, 0.1) is 17.3 Å². The van der Waals surface area contributed by atoms with Crippen molar-refractivity contribution in [3.63, 3.8) is 0 Å². The molecule has 0 radical (unpaired) electrons. The fraction of sp³-hybridized carbons (Fsp3) is 0.280. The van der Waals surface area contributed by atoms with Crippen LogP contribution in [-0.4, -0.2) is 17.9 Å². The number of alkyl halides is 3. The van der Waals surface area contributed by atoms with Gasteiger partial charge < -0.3 is 5.32 Å². The van der Waals surface area contributed by atoms with Gasteiger partial charge in [-0.1, -0.05) is 59.6 Å². The molecule has 0 bridgehead atoms. The first-order valence-corrected chi connectivity index (χ1v) is 10.9. The zero-order valence-electron chi connectivity index (χ0n) is 18.3. The quantitative estimate of drug-likeness (QED) is 0.404. The molecular formula is C25H25ClF3N3O. The van der Waals surface area contributed by atoms with Crippen LogP contribution in [0.5, 0.6) is 0 Å². The topological polar surface area (TPSA) is 54.0 Å². The lowest BCUT2D eigenvalue weighted by molar-refractivity contribution is -0.137. The van der Waals surface area contributed by atoms with Crippen molar-refractivity contribution in [1.82, 2.24) is 15.6 Å². The molecule has 2 N–H and O–H groups in total. The number of carbonyl (C=O) groups excluding carboxylic acids is 1. The van der Waals surface area contributed by atoms with Crippen LogP contribution in [0.1, 0.15) is 46.5 Å². The molecule has 8 heteroatoms. The van der Waals surface area contributed by atoms with Crippen LogP contribution in [-0.2, 0) is 17.4 Å². The number of hydrogen-bond donors (Lipinski definition) is 2. The number of carbonyl (C=O) groups is 1. The largest absolute Gasteiger partial charge is 0.416 e. The van der Waals surface area contributed by atoms with Gasteiger partial charge in [-0.25, -0.2) is 4.98 Å². The number of likely N-dealkylation sites (N-methyl/N-ethyl adjacent to an activating group) is 1.